The van der Waals surface area contributed by atoms with E-state index >= 15 is 0 Å². The van der Waals surface area contributed by atoms with Crippen LogP contribution in [0.5, 0.6) is 5.88 Å². The molecule has 4 rings (SSSR count). The molecule has 2 unspecified atom stereocenters. The van der Waals surface area contributed by atoms with Crippen LogP contribution in [-0.4, -0.2) is 53.6 Å². The number of rotatable bonds is 6. The molecule has 7 nitrogen and oxygen atoms in total. The zero-order chi connectivity index (χ0) is 19.3. The first-order valence-electron chi connectivity index (χ1n) is 9.50. The minimum Gasteiger partial charge on any atom is -0.472 e. The molecule has 2 aliphatic rings. The van der Waals surface area contributed by atoms with Gasteiger partial charge in [-0.15, -0.1) is 0 Å². The fourth-order valence-electron chi connectivity index (χ4n) is 3.49. The lowest BCUT2D eigenvalue weighted by atomic mass is 10.2. The Labute approximate surface area is 163 Å². The van der Waals surface area contributed by atoms with Crippen LogP contribution >= 0.6 is 0 Å². The fraction of sp³-hybridized carbons (Fsp3) is 0.381. The quantitative estimate of drug-likeness (QED) is 0.825. The Morgan fingerprint density at radius 2 is 2.14 bits per heavy atom. The van der Waals surface area contributed by atoms with Crippen molar-refractivity contribution in [1.29, 1.82) is 0 Å². The zero-order valence-electron chi connectivity index (χ0n) is 15.5. The second-order valence-corrected chi connectivity index (χ2v) is 7.12. The lowest BCUT2D eigenvalue weighted by Gasteiger charge is -2.17. The van der Waals surface area contributed by atoms with Gasteiger partial charge in [0.2, 0.25) is 11.8 Å². The highest BCUT2D eigenvalue weighted by atomic mass is 16.5. The molecule has 2 atom stereocenters. The Kier molecular flexibility index (Phi) is 5.53. The van der Waals surface area contributed by atoms with Crippen molar-refractivity contribution >= 4 is 11.8 Å². The summed E-state index contributed by atoms with van der Waals surface area (Å²) in [5, 5.41) is 2.95. The minimum absolute atomic E-state index is 0.0233. The second kappa shape index (κ2) is 8.39. The van der Waals surface area contributed by atoms with Crippen molar-refractivity contribution < 1.29 is 19.1 Å². The van der Waals surface area contributed by atoms with Crippen molar-refractivity contribution in [3.8, 4) is 5.88 Å². The molecule has 2 aliphatic heterocycles. The van der Waals surface area contributed by atoms with E-state index < -0.39 is 0 Å². The zero-order valence-corrected chi connectivity index (χ0v) is 15.5. The van der Waals surface area contributed by atoms with Crippen LogP contribution in [0.1, 0.15) is 28.8 Å². The van der Waals surface area contributed by atoms with Crippen LogP contribution in [0.3, 0.4) is 0 Å². The largest absolute Gasteiger partial charge is 0.472 e. The highest BCUT2D eigenvalue weighted by Crippen LogP contribution is 2.18. The van der Waals surface area contributed by atoms with E-state index in [1.54, 1.807) is 23.2 Å². The number of nitrogens with one attached hydrogen (secondary N) is 1. The van der Waals surface area contributed by atoms with E-state index in [-0.39, 0.29) is 24.0 Å². The predicted molar refractivity (Wildman–Crippen MR) is 102 cm³/mol. The summed E-state index contributed by atoms with van der Waals surface area (Å²) in [7, 11) is 0. The van der Waals surface area contributed by atoms with Gasteiger partial charge in [-0.3, -0.25) is 9.59 Å². The summed E-state index contributed by atoms with van der Waals surface area (Å²) in [6.45, 7) is 2.29. The molecule has 1 aromatic heterocycles. The third kappa shape index (κ3) is 4.48. The number of amides is 2. The van der Waals surface area contributed by atoms with Crippen LogP contribution in [0.15, 0.2) is 48.7 Å². The first kappa shape index (κ1) is 18.4. The molecule has 0 radical (unpaired) electrons. The van der Waals surface area contributed by atoms with Gasteiger partial charge in [-0.1, -0.05) is 30.3 Å². The molecule has 0 saturated carbocycles. The molecule has 7 heteroatoms. The van der Waals surface area contributed by atoms with E-state index in [1.807, 2.05) is 30.3 Å². The lowest BCUT2D eigenvalue weighted by molar-refractivity contribution is -0.128. The topological polar surface area (TPSA) is 80.8 Å². The number of likely N-dealkylation sites (tertiary alicyclic amines) is 1. The Bertz CT molecular complexity index is 837. The van der Waals surface area contributed by atoms with Crippen LogP contribution in [0, 0.1) is 0 Å². The predicted octanol–water partition coefficient (Wildman–Crippen LogP) is 1.78. The van der Waals surface area contributed by atoms with Crippen molar-refractivity contribution in [3.63, 3.8) is 0 Å². The highest BCUT2D eigenvalue weighted by molar-refractivity contribution is 5.95. The summed E-state index contributed by atoms with van der Waals surface area (Å²) >= 11 is 0. The summed E-state index contributed by atoms with van der Waals surface area (Å²) < 4.78 is 11.0. The number of nitrogens with zero attached hydrogens (tertiary/aromatic N) is 2. The monoisotopic (exact) mass is 381 g/mol. The molecule has 2 aromatic rings. The Morgan fingerprint density at radius 3 is 2.93 bits per heavy atom. The SMILES string of the molecule is O=C(NC1CC(=O)N(Cc2ccccc2)C1)c1ccnc(OC2CCOC2)c1. The van der Waals surface area contributed by atoms with Crippen LogP contribution in [-0.2, 0) is 16.1 Å². The van der Waals surface area contributed by atoms with Gasteiger partial charge in [0.25, 0.3) is 5.91 Å². The number of pyridine rings is 1. The average molecular weight is 381 g/mol. The van der Waals surface area contributed by atoms with Crippen molar-refractivity contribution in [3.05, 3.63) is 59.8 Å². The number of hydrogen-bond donors (Lipinski definition) is 1. The number of carbonyl (C=O) groups is 2. The van der Waals surface area contributed by atoms with E-state index in [0.29, 0.717) is 44.2 Å². The van der Waals surface area contributed by atoms with Gasteiger partial charge in [0.05, 0.1) is 19.3 Å². The molecule has 0 bridgehead atoms. The van der Waals surface area contributed by atoms with Gasteiger partial charge in [-0.25, -0.2) is 4.98 Å². The number of hydrogen-bond acceptors (Lipinski definition) is 5. The average Bonchev–Trinajstić information content (AvgIpc) is 3.33. The molecule has 146 valence electrons. The standard InChI is InChI=1S/C21H23N3O4/c25-20-11-17(13-24(20)12-15-4-2-1-3-5-15)23-21(26)16-6-8-22-19(10-16)28-18-7-9-27-14-18/h1-6,8,10,17-18H,7,9,11-14H2,(H,23,26). The van der Waals surface area contributed by atoms with E-state index in [4.69, 9.17) is 9.47 Å². The van der Waals surface area contributed by atoms with Gasteiger partial charge in [0.15, 0.2) is 0 Å². The van der Waals surface area contributed by atoms with Crippen molar-refractivity contribution in [1.82, 2.24) is 15.2 Å². The first-order chi connectivity index (χ1) is 13.7. The van der Waals surface area contributed by atoms with Gasteiger partial charge in [-0.05, 0) is 11.6 Å². The number of benzene rings is 1. The normalized spacial score (nSPS) is 21.7. The van der Waals surface area contributed by atoms with Gasteiger partial charge in [0.1, 0.15) is 6.10 Å². The maximum Gasteiger partial charge on any atom is 0.251 e. The van der Waals surface area contributed by atoms with Gasteiger partial charge >= 0.3 is 0 Å². The molecular weight excluding hydrogens is 358 g/mol. The fourth-order valence-corrected chi connectivity index (χ4v) is 3.49. The Balaban J connectivity index is 1.34. The lowest BCUT2D eigenvalue weighted by Crippen LogP contribution is -2.37. The number of ether oxygens (including phenoxy) is 2. The molecule has 28 heavy (non-hydrogen) atoms. The van der Waals surface area contributed by atoms with E-state index in [2.05, 4.69) is 10.3 Å². The summed E-state index contributed by atoms with van der Waals surface area (Å²) in [5.74, 6) is 0.236. The first-order valence-corrected chi connectivity index (χ1v) is 9.50. The summed E-state index contributed by atoms with van der Waals surface area (Å²) in [5.41, 5.74) is 1.55. The summed E-state index contributed by atoms with van der Waals surface area (Å²) in [6.07, 6.45) is 2.66. The van der Waals surface area contributed by atoms with Gasteiger partial charge in [-0.2, -0.15) is 0 Å². The number of carbonyl (C=O) groups excluding carboxylic acids is 2. The minimum atomic E-state index is -0.228. The van der Waals surface area contributed by atoms with E-state index in [0.717, 1.165) is 12.0 Å². The third-order valence-corrected chi connectivity index (χ3v) is 4.94. The van der Waals surface area contributed by atoms with Crippen molar-refractivity contribution in [2.45, 2.75) is 31.5 Å². The molecule has 0 aliphatic carbocycles. The molecule has 0 spiro atoms. The smallest absolute Gasteiger partial charge is 0.251 e. The van der Waals surface area contributed by atoms with Crippen LogP contribution in [0.25, 0.3) is 0 Å². The maximum atomic E-state index is 12.6. The number of aromatic nitrogens is 1. The van der Waals surface area contributed by atoms with Crippen LogP contribution in [0.4, 0.5) is 0 Å². The van der Waals surface area contributed by atoms with E-state index in [9.17, 15) is 9.59 Å². The maximum absolute atomic E-state index is 12.6. The molecular formula is C21H23N3O4. The van der Waals surface area contributed by atoms with Crippen LogP contribution < -0.4 is 10.1 Å². The molecule has 3 heterocycles. The van der Waals surface area contributed by atoms with Gasteiger partial charge < -0.3 is 19.7 Å². The third-order valence-electron chi connectivity index (χ3n) is 4.94. The van der Waals surface area contributed by atoms with Crippen LogP contribution in [0.2, 0.25) is 0 Å². The Morgan fingerprint density at radius 1 is 1.29 bits per heavy atom. The summed E-state index contributed by atoms with van der Waals surface area (Å²) in [6, 6.07) is 12.9. The molecule has 2 fully saturated rings. The molecule has 1 aromatic carbocycles. The highest BCUT2D eigenvalue weighted by Gasteiger charge is 2.30. The Hall–Kier alpha value is -2.93. The van der Waals surface area contributed by atoms with E-state index in [1.165, 1.54) is 0 Å². The van der Waals surface area contributed by atoms with Crippen molar-refractivity contribution in [2.24, 2.45) is 0 Å². The summed E-state index contributed by atoms with van der Waals surface area (Å²) in [4.78, 5) is 30.8. The van der Waals surface area contributed by atoms with Gasteiger partial charge in [0, 0.05) is 43.8 Å². The molecule has 2 saturated heterocycles. The second-order valence-electron chi connectivity index (χ2n) is 7.12. The van der Waals surface area contributed by atoms with Crippen molar-refractivity contribution in [2.75, 3.05) is 19.8 Å². The molecule has 1 N–H and O–H groups in total. The molecule has 2 amide bonds.